The molecule has 0 aliphatic heterocycles. The first-order chi connectivity index (χ1) is 4.31. The van der Waals surface area contributed by atoms with E-state index in [1.165, 1.54) is 11.8 Å². The molecule has 0 atom stereocenters. The predicted octanol–water partition coefficient (Wildman–Crippen LogP) is 0.687. The number of nitrogens with zero attached hydrogens (tertiary/aromatic N) is 1. The van der Waals surface area contributed by atoms with Gasteiger partial charge in [0.25, 0.3) is 0 Å². The molecule has 0 amide bonds. The maximum Gasteiger partial charge on any atom is 0.154 e. The van der Waals surface area contributed by atoms with Gasteiger partial charge in [-0.05, 0) is 6.92 Å². The summed E-state index contributed by atoms with van der Waals surface area (Å²) in [5, 5.41) is 0.579. The molecule has 0 spiro atoms. The zero-order valence-electron chi connectivity index (χ0n) is 5.42. The Kier molecular flexibility index (Phi) is 5.14. The van der Waals surface area contributed by atoms with Gasteiger partial charge in [-0.3, -0.25) is 4.99 Å². The molecule has 9 heavy (non-hydrogen) atoms. The van der Waals surface area contributed by atoms with Crippen LogP contribution in [0.5, 0.6) is 0 Å². The Hall–Kier alpha value is -0.620. The molecular formula is C6H10N2S. The van der Waals surface area contributed by atoms with Crippen LogP contribution in [0.4, 0.5) is 0 Å². The number of nitrogens with two attached hydrogens (primary N) is 1. The van der Waals surface area contributed by atoms with E-state index in [1.54, 1.807) is 0 Å². The molecule has 0 saturated carbocycles. The van der Waals surface area contributed by atoms with Crippen LogP contribution >= 0.6 is 11.8 Å². The largest absolute Gasteiger partial charge is 0.379 e. The van der Waals surface area contributed by atoms with E-state index in [0.29, 0.717) is 10.9 Å². The van der Waals surface area contributed by atoms with Crippen molar-refractivity contribution in [1.82, 2.24) is 0 Å². The number of aliphatic imine (C=N–C) groups is 1. The lowest BCUT2D eigenvalue weighted by Gasteiger charge is -1.92. The third-order valence-electron chi connectivity index (χ3n) is 0.617. The average molecular weight is 142 g/mol. The summed E-state index contributed by atoms with van der Waals surface area (Å²) in [6, 6.07) is 0. The van der Waals surface area contributed by atoms with Gasteiger partial charge in [-0.1, -0.05) is 17.7 Å². The maximum absolute atomic E-state index is 5.39. The molecule has 0 fully saturated rings. The lowest BCUT2D eigenvalue weighted by atomic mass is 10.8. The van der Waals surface area contributed by atoms with Crippen molar-refractivity contribution in [3.05, 3.63) is 0 Å². The van der Waals surface area contributed by atoms with E-state index in [4.69, 9.17) is 12.2 Å². The number of hydrogen-bond donors (Lipinski definition) is 1. The molecule has 0 saturated heterocycles. The summed E-state index contributed by atoms with van der Waals surface area (Å²) in [5.41, 5.74) is 5.39. The highest BCUT2D eigenvalue weighted by Gasteiger charge is 1.86. The van der Waals surface area contributed by atoms with Crippen LogP contribution in [0.2, 0.25) is 0 Å². The molecule has 50 valence electrons. The molecular weight excluding hydrogens is 132 g/mol. The summed E-state index contributed by atoms with van der Waals surface area (Å²) in [4.78, 5) is 3.92. The molecule has 0 unspecified atom stereocenters. The van der Waals surface area contributed by atoms with Gasteiger partial charge in [0.15, 0.2) is 5.17 Å². The van der Waals surface area contributed by atoms with Gasteiger partial charge in [0, 0.05) is 6.54 Å². The number of amidine groups is 1. The highest BCUT2D eigenvalue weighted by Crippen LogP contribution is 1.96. The molecule has 0 bridgehead atoms. The van der Waals surface area contributed by atoms with Gasteiger partial charge in [-0.15, -0.1) is 6.42 Å². The lowest BCUT2D eigenvalue weighted by molar-refractivity contribution is 1.13. The van der Waals surface area contributed by atoms with Gasteiger partial charge in [0.2, 0.25) is 0 Å². The fourth-order valence-corrected chi connectivity index (χ4v) is 0.769. The van der Waals surface area contributed by atoms with Gasteiger partial charge in [0.05, 0.1) is 5.75 Å². The van der Waals surface area contributed by atoms with Crippen LogP contribution in [0.25, 0.3) is 0 Å². The van der Waals surface area contributed by atoms with Crippen molar-refractivity contribution in [2.45, 2.75) is 6.92 Å². The Balaban J connectivity index is 3.40. The van der Waals surface area contributed by atoms with E-state index in [2.05, 4.69) is 10.9 Å². The predicted molar refractivity (Wildman–Crippen MR) is 43.5 cm³/mol. The summed E-state index contributed by atoms with van der Waals surface area (Å²) < 4.78 is 0. The normalized spacial score (nSPS) is 10.9. The van der Waals surface area contributed by atoms with Crippen LogP contribution in [0.3, 0.4) is 0 Å². The van der Waals surface area contributed by atoms with Crippen LogP contribution in [0.15, 0.2) is 4.99 Å². The topological polar surface area (TPSA) is 38.4 Å². The maximum atomic E-state index is 5.39. The molecule has 2 N–H and O–H groups in total. The van der Waals surface area contributed by atoms with Crippen LogP contribution < -0.4 is 5.73 Å². The van der Waals surface area contributed by atoms with E-state index < -0.39 is 0 Å². The van der Waals surface area contributed by atoms with Crippen LogP contribution in [-0.4, -0.2) is 17.5 Å². The Morgan fingerprint density at radius 3 is 3.00 bits per heavy atom. The first kappa shape index (κ1) is 8.38. The van der Waals surface area contributed by atoms with Crippen molar-refractivity contribution in [1.29, 1.82) is 0 Å². The van der Waals surface area contributed by atoms with E-state index in [0.717, 1.165) is 6.54 Å². The summed E-state index contributed by atoms with van der Waals surface area (Å²) in [6.07, 6.45) is 4.99. The van der Waals surface area contributed by atoms with Crippen LogP contribution in [0, 0.1) is 12.3 Å². The molecule has 0 radical (unpaired) electrons. The van der Waals surface area contributed by atoms with Crippen molar-refractivity contribution < 1.29 is 0 Å². The highest BCUT2D eigenvalue weighted by molar-refractivity contribution is 8.13. The zero-order chi connectivity index (χ0) is 7.11. The van der Waals surface area contributed by atoms with Crippen LogP contribution in [0.1, 0.15) is 6.92 Å². The summed E-state index contributed by atoms with van der Waals surface area (Å²) in [5.74, 6) is 3.07. The molecule has 0 aromatic heterocycles. The quantitative estimate of drug-likeness (QED) is 0.350. The first-order valence-corrected chi connectivity index (χ1v) is 3.66. The highest BCUT2D eigenvalue weighted by atomic mass is 32.2. The smallest absolute Gasteiger partial charge is 0.154 e. The van der Waals surface area contributed by atoms with Crippen molar-refractivity contribution in [3.8, 4) is 12.3 Å². The Labute approximate surface area is 59.9 Å². The number of terminal acetylenes is 1. The zero-order valence-corrected chi connectivity index (χ0v) is 6.24. The van der Waals surface area contributed by atoms with E-state index in [1.807, 2.05) is 6.92 Å². The number of rotatable bonds is 2. The molecule has 0 aliphatic carbocycles. The summed E-state index contributed by atoms with van der Waals surface area (Å²) in [6.45, 7) is 2.66. The second-order valence-electron chi connectivity index (χ2n) is 1.31. The summed E-state index contributed by atoms with van der Waals surface area (Å²) in [7, 11) is 0. The lowest BCUT2D eigenvalue weighted by Crippen LogP contribution is -2.07. The van der Waals surface area contributed by atoms with E-state index in [-0.39, 0.29) is 0 Å². The molecule has 0 aromatic carbocycles. The monoisotopic (exact) mass is 142 g/mol. The van der Waals surface area contributed by atoms with Gasteiger partial charge in [-0.2, -0.15) is 0 Å². The molecule has 0 heterocycles. The van der Waals surface area contributed by atoms with Gasteiger partial charge >= 0.3 is 0 Å². The number of hydrogen-bond acceptors (Lipinski definition) is 2. The molecule has 2 nitrogen and oxygen atoms in total. The number of thioether (sulfide) groups is 1. The minimum atomic E-state index is 0.579. The fourth-order valence-electron chi connectivity index (χ4n) is 0.317. The van der Waals surface area contributed by atoms with Gasteiger partial charge < -0.3 is 5.73 Å². The standard InChI is InChI=1S/C6H10N2S/c1-3-5-9-6(7)8-4-2/h1H,4-5H2,2H3,(H2,7,8). The molecule has 0 aromatic rings. The Bertz CT molecular complexity index is 134. The summed E-state index contributed by atoms with van der Waals surface area (Å²) >= 11 is 1.39. The van der Waals surface area contributed by atoms with Crippen molar-refractivity contribution >= 4 is 16.9 Å². The second kappa shape index (κ2) is 5.52. The molecule has 0 aliphatic rings. The Morgan fingerprint density at radius 1 is 1.89 bits per heavy atom. The molecule has 3 heteroatoms. The van der Waals surface area contributed by atoms with Crippen molar-refractivity contribution in [3.63, 3.8) is 0 Å². The fraction of sp³-hybridized carbons (Fsp3) is 0.500. The van der Waals surface area contributed by atoms with Gasteiger partial charge in [-0.25, -0.2) is 0 Å². The average Bonchev–Trinajstić information content (AvgIpc) is 1.85. The molecule has 0 rings (SSSR count). The first-order valence-electron chi connectivity index (χ1n) is 2.67. The Morgan fingerprint density at radius 2 is 2.56 bits per heavy atom. The van der Waals surface area contributed by atoms with Gasteiger partial charge in [0.1, 0.15) is 0 Å². The second-order valence-corrected chi connectivity index (χ2v) is 2.30. The van der Waals surface area contributed by atoms with Crippen molar-refractivity contribution in [2.75, 3.05) is 12.3 Å². The van der Waals surface area contributed by atoms with E-state index >= 15 is 0 Å². The van der Waals surface area contributed by atoms with Crippen LogP contribution in [-0.2, 0) is 0 Å². The minimum absolute atomic E-state index is 0.579. The minimum Gasteiger partial charge on any atom is -0.379 e. The third-order valence-corrected chi connectivity index (χ3v) is 1.35. The van der Waals surface area contributed by atoms with E-state index in [9.17, 15) is 0 Å². The SMILES string of the molecule is C#CCSC(N)=NCC. The third kappa shape index (κ3) is 5.25. The van der Waals surface area contributed by atoms with Crippen molar-refractivity contribution in [2.24, 2.45) is 10.7 Å².